The largest absolute Gasteiger partial charge is 0.481 e. The standard InChI is InChI=1S/C55H100N7O18P3S/c1-4-5-6-7-8-9-10-11-12-13-14-15-16-17-18-19-20-21-22-23-24-25-26-27-28-29-30-31-32-33-43(63)38-46(65)84-37-36-57-45(64)34-35-58-53(68)50(67)55(2,3)40-77-83(74,75)80-82(72,73)76-39-44-49(79-81(69,70)71)48(66)54(78-44)62-42-61-47-51(56)59-41-60-52(47)62/h41-42,44,48-50,54,66-67H,4-40H2,1-3H3,(H,57,64)(H,58,68)(H,72,73)(H,74,75)(H2,56,59,60)(H2,69,70,71)/t44-,48-,49-,50+,54-/m1/s1. The molecule has 84 heavy (non-hydrogen) atoms. The number of imidazole rings is 1. The minimum absolute atomic E-state index is 0.0277. The molecule has 0 aromatic carbocycles. The SMILES string of the molecule is CCCCCCCCCCCCCCCCCCCCCCCCCCCCCCCC(=O)CC(=O)SCCNC(=O)CCNC(=O)[C@H](O)C(C)(C)COP(=O)(O)OP(=O)(O)OC[C@H]1O[C@@H](n2cnc3c(N)ncnc32)[C@H](O)[C@@H]1OP(=O)(O)O. The van der Waals surface area contributed by atoms with Gasteiger partial charge < -0.3 is 50.9 Å². The molecule has 0 spiro atoms. The van der Waals surface area contributed by atoms with Crippen LogP contribution in [0.4, 0.5) is 5.82 Å². The number of aliphatic hydroxyl groups is 2. The number of anilines is 1. The van der Waals surface area contributed by atoms with Gasteiger partial charge in [0.05, 0.1) is 26.0 Å². The van der Waals surface area contributed by atoms with E-state index in [-0.39, 0.29) is 59.6 Å². The molecule has 2 amide bonds. The summed E-state index contributed by atoms with van der Waals surface area (Å²) in [6.45, 7) is 2.64. The van der Waals surface area contributed by atoms with E-state index in [4.69, 9.17) is 19.5 Å². The monoisotopic (exact) mass is 1270 g/mol. The number of unbranched alkanes of at least 4 members (excludes halogenated alkanes) is 28. The summed E-state index contributed by atoms with van der Waals surface area (Å²) in [5, 5.41) is 26.3. The molecule has 7 atom stereocenters. The van der Waals surface area contributed by atoms with Crippen molar-refractivity contribution in [3.05, 3.63) is 12.7 Å². The molecule has 0 aliphatic carbocycles. The van der Waals surface area contributed by atoms with Crippen molar-refractivity contribution in [3.63, 3.8) is 0 Å². The van der Waals surface area contributed by atoms with E-state index in [1.807, 2.05) is 0 Å². The Labute approximate surface area is 501 Å². The highest BCUT2D eigenvalue weighted by Gasteiger charge is 2.50. The van der Waals surface area contributed by atoms with Crippen LogP contribution in [0.15, 0.2) is 12.7 Å². The van der Waals surface area contributed by atoms with Crippen LogP contribution in [0.2, 0.25) is 0 Å². The molecule has 3 rings (SSSR count). The third kappa shape index (κ3) is 32.5. The van der Waals surface area contributed by atoms with Gasteiger partial charge in [0, 0.05) is 37.1 Å². The first-order valence-electron chi connectivity index (χ1n) is 30.5. The molecule has 2 unspecified atom stereocenters. The molecule has 29 heteroatoms. The number of aromatic nitrogens is 4. The van der Waals surface area contributed by atoms with Crippen LogP contribution in [0.5, 0.6) is 0 Å². The van der Waals surface area contributed by atoms with Gasteiger partial charge in [-0.25, -0.2) is 28.6 Å². The lowest BCUT2D eigenvalue weighted by Crippen LogP contribution is -2.46. The number of aliphatic hydroxyl groups excluding tert-OH is 2. The first kappa shape index (κ1) is 75.5. The quantitative estimate of drug-likeness (QED) is 0.0169. The minimum atomic E-state index is -5.60. The van der Waals surface area contributed by atoms with Gasteiger partial charge in [0.15, 0.2) is 22.8 Å². The Balaban J connectivity index is 1.14. The fourth-order valence-electron chi connectivity index (χ4n) is 9.76. The molecule has 1 fully saturated rings. The van der Waals surface area contributed by atoms with Crippen molar-refractivity contribution >= 4 is 74.9 Å². The fourth-order valence-corrected chi connectivity index (χ4v) is 13.3. The van der Waals surface area contributed by atoms with E-state index >= 15 is 0 Å². The van der Waals surface area contributed by atoms with Gasteiger partial charge in [-0.05, 0) is 6.42 Å². The predicted octanol–water partition coefficient (Wildman–Crippen LogP) is 10.3. The van der Waals surface area contributed by atoms with Crippen LogP contribution in [-0.4, -0.2) is 128 Å². The van der Waals surface area contributed by atoms with Gasteiger partial charge in [-0.1, -0.05) is 212 Å². The molecule has 1 saturated heterocycles. The Morgan fingerprint density at radius 1 is 0.702 bits per heavy atom. The zero-order valence-corrected chi connectivity index (χ0v) is 53.4. The lowest BCUT2D eigenvalue weighted by Gasteiger charge is -2.30. The zero-order valence-electron chi connectivity index (χ0n) is 49.9. The van der Waals surface area contributed by atoms with E-state index in [1.54, 1.807) is 0 Å². The second-order valence-corrected chi connectivity index (χ2v) is 28.0. The molecule has 10 N–H and O–H groups in total. The number of phosphoric acid groups is 3. The number of hydrogen-bond acceptors (Lipinski definition) is 19. The summed E-state index contributed by atoms with van der Waals surface area (Å²) in [5.74, 6) is -1.37. The van der Waals surface area contributed by atoms with Gasteiger partial charge in [-0.15, -0.1) is 0 Å². The molecule has 484 valence electrons. The summed E-state index contributed by atoms with van der Waals surface area (Å²) in [6.07, 6.45) is 31.7. The number of fused-ring (bicyclic) bond motifs is 1. The molecule has 1 aliphatic rings. The molecule has 0 bridgehead atoms. The molecular weight excluding hydrogens is 1170 g/mol. The predicted molar refractivity (Wildman–Crippen MR) is 321 cm³/mol. The number of nitrogens with zero attached hydrogens (tertiary/aromatic N) is 4. The van der Waals surface area contributed by atoms with Gasteiger partial charge in [0.2, 0.25) is 11.8 Å². The van der Waals surface area contributed by atoms with E-state index < -0.39 is 84.6 Å². The van der Waals surface area contributed by atoms with E-state index in [2.05, 4.69) is 41.3 Å². The number of thioether (sulfide) groups is 1. The van der Waals surface area contributed by atoms with Gasteiger partial charge in [-0.2, -0.15) is 4.31 Å². The van der Waals surface area contributed by atoms with Crippen LogP contribution in [0.25, 0.3) is 11.2 Å². The summed E-state index contributed by atoms with van der Waals surface area (Å²) >= 11 is 0.948. The van der Waals surface area contributed by atoms with Crippen molar-refractivity contribution in [1.82, 2.24) is 30.2 Å². The van der Waals surface area contributed by atoms with E-state index in [1.165, 1.54) is 174 Å². The maximum absolute atomic E-state index is 12.8. The van der Waals surface area contributed by atoms with Crippen molar-refractivity contribution in [1.29, 1.82) is 0 Å². The number of Topliss-reactive ketones (excluding diaryl/α,β-unsaturated/α-hetero) is 1. The summed E-state index contributed by atoms with van der Waals surface area (Å²) in [7, 11) is -16.5. The third-order valence-electron chi connectivity index (χ3n) is 14.7. The minimum Gasteiger partial charge on any atom is -0.386 e. The van der Waals surface area contributed by atoms with Crippen LogP contribution < -0.4 is 16.4 Å². The smallest absolute Gasteiger partial charge is 0.386 e. The second-order valence-electron chi connectivity index (χ2n) is 22.7. The molecule has 0 saturated carbocycles. The molecule has 2 aromatic rings. The number of nitrogens with one attached hydrogen (secondary N) is 2. The molecule has 0 radical (unpaired) electrons. The van der Waals surface area contributed by atoms with Crippen molar-refractivity contribution in [3.8, 4) is 0 Å². The van der Waals surface area contributed by atoms with Crippen molar-refractivity contribution in [2.45, 2.75) is 257 Å². The topological polar surface area (TPSA) is 381 Å². The molecular formula is C55H100N7O18P3S. The van der Waals surface area contributed by atoms with Crippen molar-refractivity contribution < 1.29 is 85.3 Å². The average Bonchev–Trinajstić information content (AvgIpc) is 2.09. The number of ketones is 1. The highest BCUT2D eigenvalue weighted by molar-refractivity contribution is 8.13. The Bertz CT molecular complexity index is 2370. The highest BCUT2D eigenvalue weighted by Crippen LogP contribution is 2.61. The molecule has 2 aromatic heterocycles. The number of hydrogen-bond donors (Lipinski definition) is 9. The first-order chi connectivity index (χ1) is 39.9. The van der Waals surface area contributed by atoms with Gasteiger partial charge in [0.1, 0.15) is 42.0 Å². The zero-order chi connectivity index (χ0) is 61.9. The van der Waals surface area contributed by atoms with E-state index in [0.717, 1.165) is 54.7 Å². The summed E-state index contributed by atoms with van der Waals surface area (Å²) < 4.78 is 62.6. The fraction of sp³-hybridized carbons (Fsp3) is 0.836. The lowest BCUT2D eigenvalue weighted by atomic mass is 9.87. The Hall–Kier alpha value is -2.77. The number of phosphoric ester groups is 3. The molecule has 25 nitrogen and oxygen atoms in total. The number of nitrogens with two attached hydrogens (primary N) is 1. The van der Waals surface area contributed by atoms with Gasteiger partial charge in [-0.3, -0.25) is 37.3 Å². The number of ether oxygens (including phenoxy) is 1. The van der Waals surface area contributed by atoms with Crippen LogP contribution >= 0.6 is 35.2 Å². The van der Waals surface area contributed by atoms with E-state index in [0.29, 0.717) is 6.42 Å². The summed E-state index contributed by atoms with van der Waals surface area (Å²) in [6, 6.07) is 0. The summed E-state index contributed by atoms with van der Waals surface area (Å²) in [4.78, 5) is 101. The van der Waals surface area contributed by atoms with Gasteiger partial charge >= 0.3 is 23.5 Å². The number of carbonyl (C=O) groups is 4. The lowest BCUT2D eigenvalue weighted by molar-refractivity contribution is -0.137. The van der Waals surface area contributed by atoms with Crippen molar-refractivity contribution in [2.75, 3.05) is 37.8 Å². The van der Waals surface area contributed by atoms with E-state index in [9.17, 15) is 62.7 Å². The number of nitrogen functional groups attached to an aromatic ring is 1. The number of amides is 2. The maximum atomic E-state index is 12.8. The molecule has 3 heterocycles. The first-order valence-corrected chi connectivity index (χ1v) is 36.0. The number of rotatable bonds is 51. The summed E-state index contributed by atoms with van der Waals surface area (Å²) in [5.41, 5.74) is 4.26. The second kappa shape index (κ2) is 41.4. The maximum Gasteiger partial charge on any atom is 0.481 e. The number of carbonyl (C=O) groups excluding carboxylic acids is 4. The average molecular weight is 1270 g/mol. The van der Waals surface area contributed by atoms with Crippen LogP contribution in [0, 0.1) is 5.41 Å². The Kier molecular flexibility index (Phi) is 37.2. The van der Waals surface area contributed by atoms with Crippen LogP contribution in [-0.2, 0) is 55.5 Å². The molecule has 1 aliphatic heterocycles. The van der Waals surface area contributed by atoms with Crippen LogP contribution in [0.1, 0.15) is 232 Å². The Morgan fingerprint density at radius 2 is 1.19 bits per heavy atom. The van der Waals surface area contributed by atoms with Crippen molar-refractivity contribution in [2.24, 2.45) is 5.41 Å². The highest BCUT2D eigenvalue weighted by atomic mass is 32.2. The van der Waals surface area contributed by atoms with Crippen LogP contribution in [0.3, 0.4) is 0 Å². The van der Waals surface area contributed by atoms with Gasteiger partial charge in [0.25, 0.3) is 0 Å². The Morgan fingerprint density at radius 3 is 1.69 bits per heavy atom. The third-order valence-corrected chi connectivity index (χ3v) is 18.6. The normalized spacial score (nSPS) is 18.4.